The highest BCUT2D eigenvalue weighted by molar-refractivity contribution is 7.18. The zero-order valence-electron chi connectivity index (χ0n) is 15.8. The number of ether oxygens (including phenoxy) is 2. The summed E-state index contributed by atoms with van der Waals surface area (Å²) in [4.78, 5) is 14.4. The zero-order chi connectivity index (χ0) is 20.1. The number of carbonyl (C=O) groups excluding carboxylic acids is 1. The third kappa shape index (κ3) is 4.12. The Morgan fingerprint density at radius 3 is 2.57 bits per heavy atom. The smallest absolute Gasteiger partial charge is 0.260 e. The molecule has 0 aliphatic rings. The Kier molecular flexibility index (Phi) is 6.20. The molecule has 0 saturated carbocycles. The predicted molar refractivity (Wildman–Crippen MR) is 107 cm³/mol. The van der Waals surface area contributed by atoms with Crippen LogP contribution >= 0.6 is 11.3 Å². The average molecular weight is 401 g/mol. The van der Waals surface area contributed by atoms with Gasteiger partial charge in [0.2, 0.25) is 5.13 Å². The van der Waals surface area contributed by atoms with E-state index in [1.54, 1.807) is 26.4 Å². The molecule has 0 N–H and O–H groups in total. The van der Waals surface area contributed by atoms with Gasteiger partial charge in [-0.3, -0.25) is 9.69 Å². The SMILES string of the molecule is CCCN(C(=O)c1cccc(F)c1)c1nnc(-c2ccc(OC)c(OC)c2)s1. The van der Waals surface area contributed by atoms with Crippen LogP contribution in [-0.4, -0.2) is 36.9 Å². The summed E-state index contributed by atoms with van der Waals surface area (Å²) in [5, 5.41) is 9.51. The summed E-state index contributed by atoms with van der Waals surface area (Å²) in [6, 6.07) is 11.1. The van der Waals surface area contributed by atoms with Crippen LogP contribution in [0.2, 0.25) is 0 Å². The summed E-state index contributed by atoms with van der Waals surface area (Å²) in [6.07, 6.45) is 0.728. The number of benzene rings is 2. The van der Waals surface area contributed by atoms with Crippen LogP contribution in [0.1, 0.15) is 23.7 Å². The lowest BCUT2D eigenvalue weighted by Crippen LogP contribution is -2.31. The van der Waals surface area contributed by atoms with E-state index in [9.17, 15) is 9.18 Å². The molecule has 0 spiro atoms. The number of nitrogens with zero attached hydrogens (tertiary/aromatic N) is 3. The zero-order valence-corrected chi connectivity index (χ0v) is 16.6. The van der Waals surface area contributed by atoms with Crippen molar-refractivity contribution >= 4 is 22.4 Å². The van der Waals surface area contributed by atoms with Gasteiger partial charge in [0.15, 0.2) is 11.5 Å². The number of halogens is 1. The van der Waals surface area contributed by atoms with Crippen LogP contribution in [0.3, 0.4) is 0 Å². The van der Waals surface area contributed by atoms with Crippen molar-refractivity contribution in [1.29, 1.82) is 0 Å². The highest BCUT2D eigenvalue weighted by Crippen LogP contribution is 2.35. The highest BCUT2D eigenvalue weighted by atomic mass is 32.1. The molecule has 0 radical (unpaired) electrons. The molecule has 0 aliphatic carbocycles. The predicted octanol–water partition coefficient (Wildman–Crippen LogP) is 4.42. The summed E-state index contributed by atoms with van der Waals surface area (Å²) in [6.45, 7) is 2.41. The lowest BCUT2D eigenvalue weighted by atomic mass is 10.2. The van der Waals surface area contributed by atoms with Crippen LogP contribution in [0.15, 0.2) is 42.5 Å². The Morgan fingerprint density at radius 2 is 1.89 bits per heavy atom. The summed E-state index contributed by atoms with van der Waals surface area (Å²) >= 11 is 1.29. The minimum Gasteiger partial charge on any atom is -0.493 e. The van der Waals surface area contributed by atoms with Crippen molar-refractivity contribution in [3.63, 3.8) is 0 Å². The van der Waals surface area contributed by atoms with E-state index in [0.717, 1.165) is 12.0 Å². The Balaban J connectivity index is 1.92. The first kappa shape index (κ1) is 19.8. The van der Waals surface area contributed by atoms with Crippen molar-refractivity contribution < 1.29 is 18.7 Å². The number of hydrogen-bond donors (Lipinski definition) is 0. The number of carbonyl (C=O) groups is 1. The molecule has 0 saturated heterocycles. The first-order chi connectivity index (χ1) is 13.6. The van der Waals surface area contributed by atoms with Crippen LogP contribution in [-0.2, 0) is 0 Å². The van der Waals surface area contributed by atoms with Gasteiger partial charge in [0.05, 0.1) is 14.2 Å². The molecule has 28 heavy (non-hydrogen) atoms. The molecule has 2 aromatic carbocycles. The van der Waals surface area contributed by atoms with Crippen molar-refractivity contribution in [1.82, 2.24) is 10.2 Å². The van der Waals surface area contributed by atoms with E-state index in [0.29, 0.717) is 28.2 Å². The van der Waals surface area contributed by atoms with E-state index in [1.807, 2.05) is 19.1 Å². The summed E-state index contributed by atoms with van der Waals surface area (Å²) in [5.74, 6) is 0.435. The lowest BCUT2D eigenvalue weighted by Gasteiger charge is -2.18. The second-order valence-corrected chi connectivity index (χ2v) is 6.88. The van der Waals surface area contributed by atoms with Crippen LogP contribution in [0.25, 0.3) is 10.6 Å². The normalized spacial score (nSPS) is 10.6. The van der Waals surface area contributed by atoms with Crippen LogP contribution < -0.4 is 14.4 Å². The number of anilines is 1. The van der Waals surface area contributed by atoms with Gasteiger partial charge in [-0.15, -0.1) is 10.2 Å². The largest absolute Gasteiger partial charge is 0.493 e. The lowest BCUT2D eigenvalue weighted by molar-refractivity contribution is 0.0986. The molecule has 3 aromatic rings. The Morgan fingerprint density at radius 1 is 1.11 bits per heavy atom. The summed E-state index contributed by atoms with van der Waals surface area (Å²) in [7, 11) is 3.13. The number of aromatic nitrogens is 2. The molecule has 146 valence electrons. The molecule has 6 nitrogen and oxygen atoms in total. The first-order valence-electron chi connectivity index (χ1n) is 8.70. The van der Waals surface area contributed by atoms with E-state index in [2.05, 4.69) is 10.2 Å². The van der Waals surface area contributed by atoms with Gasteiger partial charge in [-0.2, -0.15) is 0 Å². The molecule has 1 heterocycles. The van der Waals surface area contributed by atoms with Crippen LogP contribution in [0.4, 0.5) is 9.52 Å². The van der Waals surface area contributed by atoms with Crippen molar-refractivity contribution in [2.45, 2.75) is 13.3 Å². The first-order valence-corrected chi connectivity index (χ1v) is 9.52. The number of methoxy groups -OCH3 is 2. The van der Waals surface area contributed by atoms with Gasteiger partial charge in [-0.1, -0.05) is 24.3 Å². The standard InChI is InChI=1S/C20H20FN3O3S/c1-4-10-24(19(25)14-6-5-7-15(21)11-14)20-23-22-18(28-20)13-8-9-16(26-2)17(12-13)27-3/h5-9,11-12H,4,10H2,1-3H3. The second kappa shape index (κ2) is 8.79. The minimum absolute atomic E-state index is 0.274. The van der Waals surface area contributed by atoms with E-state index >= 15 is 0 Å². The monoisotopic (exact) mass is 401 g/mol. The minimum atomic E-state index is -0.453. The van der Waals surface area contributed by atoms with Gasteiger partial charge in [-0.25, -0.2) is 4.39 Å². The molecule has 0 unspecified atom stereocenters. The number of amides is 1. The molecule has 8 heteroatoms. The Labute approximate surface area is 166 Å². The van der Waals surface area contributed by atoms with Crippen molar-refractivity contribution in [3.8, 4) is 22.1 Å². The van der Waals surface area contributed by atoms with E-state index in [1.165, 1.54) is 34.4 Å². The number of hydrogen-bond acceptors (Lipinski definition) is 6. The maximum atomic E-state index is 13.5. The molecule has 0 atom stereocenters. The van der Waals surface area contributed by atoms with E-state index in [4.69, 9.17) is 9.47 Å². The average Bonchev–Trinajstić information content (AvgIpc) is 3.20. The summed E-state index contributed by atoms with van der Waals surface area (Å²) < 4.78 is 24.1. The van der Waals surface area contributed by atoms with Gasteiger partial charge in [-0.05, 0) is 42.8 Å². The molecule has 1 amide bonds. The van der Waals surface area contributed by atoms with E-state index < -0.39 is 5.82 Å². The molecule has 0 bridgehead atoms. The molecule has 1 aromatic heterocycles. The highest BCUT2D eigenvalue weighted by Gasteiger charge is 2.22. The van der Waals surface area contributed by atoms with Gasteiger partial charge < -0.3 is 9.47 Å². The molecule has 0 fully saturated rings. The van der Waals surface area contributed by atoms with Gasteiger partial charge in [0.1, 0.15) is 10.8 Å². The Bertz CT molecular complexity index is 977. The molecular formula is C20H20FN3O3S. The maximum absolute atomic E-state index is 13.5. The van der Waals surface area contributed by atoms with E-state index in [-0.39, 0.29) is 11.5 Å². The molecule has 3 rings (SSSR count). The fraction of sp³-hybridized carbons (Fsp3) is 0.250. The number of rotatable bonds is 7. The fourth-order valence-electron chi connectivity index (χ4n) is 2.70. The fourth-order valence-corrected chi connectivity index (χ4v) is 3.56. The van der Waals surface area contributed by atoms with Gasteiger partial charge in [0, 0.05) is 17.7 Å². The van der Waals surface area contributed by atoms with Crippen molar-refractivity contribution in [2.75, 3.05) is 25.7 Å². The second-order valence-electron chi connectivity index (χ2n) is 5.93. The van der Waals surface area contributed by atoms with Crippen LogP contribution in [0, 0.1) is 5.82 Å². The topological polar surface area (TPSA) is 64.6 Å². The van der Waals surface area contributed by atoms with Gasteiger partial charge in [0.25, 0.3) is 5.91 Å². The van der Waals surface area contributed by atoms with Crippen LogP contribution in [0.5, 0.6) is 11.5 Å². The molecule has 0 aliphatic heterocycles. The Hall–Kier alpha value is -3.00. The third-order valence-corrected chi connectivity index (χ3v) is 5.03. The van der Waals surface area contributed by atoms with Crippen molar-refractivity contribution in [2.24, 2.45) is 0 Å². The quantitative estimate of drug-likeness (QED) is 0.586. The van der Waals surface area contributed by atoms with Gasteiger partial charge >= 0.3 is 0 Å². The summed E-state index contributed by atoms with van der Waals surface area (Å²) in [5.41, 5.74) is 1.08. The van der Waals surface area contributed by atoms with Crippen molar-refractivity contribution in [3.05, 3.63) is 53.8 Å². The third-order valence-electron chi connectivity index (χ3n) is 4.04. The maximum Gasteiger partial charge on any atom is 0.260 e. The molecular weight excluding hydrogens is 381 g/mol.